The minimum Gasteiger partial charge on any atom is -0.347 e. The van der Waals surface area contributed by atoms with E-state index in [-0.39, 0.29) is 11.9 Å². The first-order valence-electron chi connectivity index (χ1n) is 5.47. The van der Waals surface area contributed by atoms with Crippen LogP contribution in [0.1, 0.15) is 48.4 Å². The molecule has 0 aliphatic heterocycles. The summed E-state index contributed by atoms with van der Waals surface area (Å²) >= 11 is 1.13. The molecule has 6 nitrogen and oxygen atoms in total. The summed E-state index contributed by atoms with van der Waals surface area (Å²) in [5.74, 6) is -0.688. The quantitative estimate of drug-likeness (QED) is 0.573. The van der Waals surface area contributed by atoms with Crippen molar-refractivity contribution in [1.82, 2.24) is 15.8 Å². The van der Waals surface area contributed by atoms with E-state index in [1.807, 2.05) is 20.8 Å². The molecule has 0 aliphatic carbocycles. The van der Waals surface area contributed by atoms with Crippen LogP contribution in [0.15, 0.2) is 6.20 Å². The summed E-state index contributed by atoms with van der Waals surface area (Å²) in [4.78, 5) is 27.3. The van der Waals surface area contributed by atoms with Crippen molar-refractivity contribution < 1.29 is 14.8 Å². The van der Waals surface area contributed by atoms with Crippen LogP contribution in [0.5, 0.6) is 0 Å². The third-order valence-electron chi connectivity index (χ3n) is 2.25. The number of carbonyl (C=O) groups is 2. The van der Waals surface area contributed by atoms with Crippen LogP contribution < -0.4 is 10.8 Å². The smallest absolute Gasteiger partial charge is 0.286 e. The highest BCUT2D eigenvalue weighted by atomic mass is 32.1. The van der Waals surface area contributed by atoms with E-state index >= 15 is 0 Å². The number of nitrogens with zero attached hydrogens (tertiary/aromatic N) is 1. The second kappa shape index (κ2) is 5.45. The molecule has 1 heterocycles. The van der Waals surface area contributed by atoms with Crippen LogP contribution in [0.4, 0.5) is 0 Å². The number of amides is 2. The van der Waals surface area contributed by atoms with Gasteiger partial charge < -0.3 is 5.32 Å². The Bertz CT molecular complexity index is 451. The Morgan fingerprint density at radius 1 is 1.44 bits per heavy atom. The summed E-state index contributed by atoms with van der Waals surface area (Å²) in [5, 5.41) is 11.9. The normalized spacial score (nSPS) is 12.9. The van der Waals surface area contributed by atoms with Gasteiger partial charge in [-0.15, -0.1) is 11.3 Å². The van der Waals surface area contributed by atoms with Crippen molar-refractivity contribution in [2.75, 3.05) is 0 Å². The molecule has 0 spiro atoms. The van der Waals surface area contributed by atoms with E-state index in [1.54, 1.807) is 12.4 Å². The fraction of sp³-hybridized carbons (Fsp3) is 0.545. The molecule has 0 saturated carbocycles. The number of hydrogen-bond donors (Lipinski definition) is 3. The largest absolute Gasteiger partial charge is 0.347 e. The second-order valence-corrected chi connectivity index (χ2v) is 6.01. The topological polar surface area (TPSA) is 91.3 Å². The van der Waals surface area contributed by atoms with Crippen LogP contribution in [0.2, 0.25) is 0 Å². The summed E-state index contributed by atoms with van der Waals surface area (Å²) in [7, 11) is 0. The van der Waals surface area contributed by atoms with Gasteiger partial charge in [0, 0.05) is 5.41 Å². The highest BCUT2D eigenvalue weighted by Gasteiger charge is 2.24. The average molecular weight is 271 g/mol. The molecule has 0 saturated heterocycles. The molecule has 1 unspecified atom stereocenters. The van der Waals surface area contributed by atoms with Crippen molar-refractivity contribution in [2.45, 2.75) is 33.7 Å². The van der Waals surface area contributed by atoms with Gasteiger partial charge >= 0.3 is 0 Å². The minimum atomic E-state index is -0.604. The number of carbonyl (C=O) groups excluding carboxylic acids is 2. The fourth-order valence-electron chi connectivity index (χ4n) is 1.12. The molecular formula is C11H17N3O3S. The monoisotopic (exact) mass is 271 g/mol. The second-order valence-electron chi connectivity index (χ2n) is 4.95. The molecular weight excluding hydrogens is 254 g/mol. The molecule has 0 aromatic carbocycles. The maximum atomic E-state index is 11.8. The molecule has 0 aliphatic rings. The molecule has 2 amide bonds. The number of hydroxylamine groups is 1. The third kappa shape index (κ3) is 3.51. The summed E-state index contributed by atoms with van der Waals surface area (Å²) in [6, 6.07) is -0.276. The van der Waals surface area contributed by atoms with Gasteiger partial charge in [-0.3, -0.25) is 14.8 Å². The van der Waals surface area contributed by atoms with Gasteiger partial charge in [-0.25, -0.2) is 10.5 Å². The van der Waals surface area contributed by atoms with Crippen molar-refractivity contribution in [1.29, 1.82) is 0 Å². The van der Waals surface area contributed by atoms with Gasteiger partial charge in [0.15, 0.2) is 0 Å². The van der Waals surface area contributed by atoms with Gasteiger partial charge in [0.2, 0.25) is 5.91 Å². The number of rotatable bonds is 3. The number of aromatic nitrogens is 1. The Morgan fingerprint density at radius 2 is 2.06 bits per heavy atom. The van der Waals surface area contributed by atoms with Crippen LogP contribution in [0.3, 0.4) is 0 Å². The number of thiazole rings is 1. The average Bonchev–Trinajstić information content (AvgIpc) is 2.75. The van der Waals surface area contributed by atoms with Crippen molar-refractivity contribution in [3.63, 3.8) is 0 Å². The van der Waals surface area contributed by atoms with Gasteiger partial charge in [0.05, 0.1) is 12.2 Å². The Morgan fingerprint density at radius 3 is 2.56 bits per heavy atom. The molecule has 0 radical (unpaired) electrons. The van der Waals surface area contributed by atoms with Crippen LogP contribution in [0.25, 0.3) is 0 Å². The lowest BCUT2D eigenvalue weighted by molar-refractivity contribution is -0.129. The van der Waals surface area contributed by atoms with Gasteiger partial charge in [-0.1, -0.05) is 20.8 Å². The molecule has 1 atom stereocenters. The first kappa shape index (κ1) is 14.6. The lowest BCUT2D eigenvalue weighted by Gasteiger charge is -2.20. The molecule has 7 heteroatoms. The highest BCUT2D eigenvalue weighted by molar-refractivity contribution is 7.13. The van der Waals surface area contributed by atoms with E-state index < -0.39 is 11.3 Å². The van der Waals surface area contributed by atoms with Crippen LogP contribution in [-0.4, -0.2) is 22.0 Å². The molecule has 3 N–H and O–H groups in total. The zero-order valence-corrected chi connectivity index (χ0v) is 11.6. The lowest BCUT2D eigenvalue weighted by atomic mass is 9.95. The van der Waals surface area contributed by atoms with Gasteiger partial charge in [0.25, 0.3) is 5.91 Å². The standard InChI is InChI=1S/C11H17N3O3S/c1-6(13-10(16)11(2,3)4)9-12-5-7(18-9)8(15)14-17/h5-6,17H,1-4H3,(H,13,16)(H,14,15). The molecule has 1 aromatic heterocycles. The maximum absolute atomic E-state index is 11.8. The Hall–Kier alpha value is -1.47. The first-order chi connectivity index (χ1) is 8.25. The predicted octanol–water partition coefficient (Wildman–Crippen LogP) is 1.49. The molecule has 0 fully saturated rings. The van der Waals surface area contributed by atoms with Crippen LogP contribution in [-0.2, 0) is 4.79 Å². The summed E-state index contributed by atoms with van der Waals surface area (Å²) in [5.41, 5.74) is 1.07. The lowest BCUT2D eigenvalue weighted by Crippen LogP contribution is -2.36. The van der Waals surface area contributed by atoms with Gasteiger partial charge in [-0.05, 0) is 6.92 Å². The summed E-state index contributed by atoms with van der Waals surface area (Å²) < 4.78 is 0. The predicted molar refractivity (Wildman–Crippen MR) is 67.4 cm³/mol. The van der Waals surface area contributed by atoms with E-state index in [0.29, 0.717) is 9.88 Å². The first-order valence-corrected chi connectivity index (χ1v) is 6.28. The molecule has 1 rings (SSSR count). The Balaban J connectivity index is 2.73. The van der Waals surface area contributed by atoms with Crippen LogP contribution >= 0.6 is 11.3 Å². The van der Waals surface area contributed by atoms with Crippen molar-refractivity contribution in [3.8, 4) is 0 Å². The minimum absolute atomic E-state index is 0.0849. The number of nitrogens with one attached hydrogen (secondary N) is 2. The van der Waals surface area contributed by atoms with Gasteiger partial charge in [0.1, 0.15) is 9.88 Å². The Kier molecular flexibility index (Phi) is 4.42. The Labute approximate surface area is 109 Å². The molecule has 1 aromatic rings. The fourth-order valence-corrected chi connectivity index (χ4v) is 1.93. The van der Waals surface area contributed by atoms with Crippen molar-refractivity contribution in [3.05, 3.63) is 16.1 Å². The van der Waals surface area contributed by atoms with E-state index in [4.69, 9.17) is 5.21 Å². The molecule has 0 bridgehead atoms. The third-order valence-corrected chi connectivity index (χ3v) is 3.43. The summed E-state index contributed by atoms with van der Waals surface area (Å²) in [6.07, 6.45) is 1.37. The van der Waals surface area contributed by atoms with E-state index in [1.165, 1.54) is 6.20 Å². The summed E-state index contributed by atoms with van der Waals surface area (Å²) in [6.45, 7) is 7.26. The zero-order chi connectivity index (χ0) is 13.9. The van der Waals surface area contributed by atoms with E-state index in [0.717, 1.165) is 11.3 Å². The maximum Gasteiger partial charge on any atom is 0.286 e. The van der Waals surface area contributed by atoms with Gasteiger partial charge in [-0.2, -0.15) is 0 Å². The van der Waals surface area contributed by atoms with Crippen molar-refractivity contribution in [2.24, 2.45) is 5.41 Å². The highest BCUT2D eigenvalue weighted by Crippen LogP contribution is 2.22. The number of hydrogen-bond acceptors (Lipinski definition) is 5. The SMILES string of the molecule is CC(NC(=O)C(C)(C)C)c1ncc(C(=O)NO)s1. The molecule has 18 heavy (non-hydrogen) atoms. The van der Waals surface area contributed by atoms with Crippen LogP contribution in [0, 0.1) is 5.41 Å². The van der Waals surface area contributed by atoms with Crippen molar-refractivity contribution >= 4 is 23.2 Å². The van der Waals surface area contributed by atoms with E-state index in [2.05, 4.69) is 10.3 Å². The molecule has 100 valence electrons. The zero-order valence-electron chi connectivity index (χ0n) is 10.8. The van der Waals surface area contributed by atoms with E-state index in [9.17, 15) is 9.59 Å².